The summed E-state index contributed by atoms with van der Waals surface area (Å²) in [5.74, 6) is -2.68. The van der Waals surface area contributed by atoms with E-state index >= 15 is 0 Å². The minimum Gasteiger partial charge on any atom is -0.481 e. The zero-order chi connectivity index (χ0) is 27.2. The maximum atomic E-state index is 13.7. The van der Waals surface area contributed by atoms with Crippen LogP contribution < -0.4 is 10.6 Å². The van der Waals surface area contributed by atoms with Crippen LogP contribution in [0.1, 0.15) is 30.0 Å². The van der Waals surface area contributed by atoms with Gasteiger partial charge in [-0.3, -0.25) is 14.5 Å². The highest BCUT2D eigenvalue weighted by Crippen LogP contribution is 2.26. The normalized spacial score (nSPS) is 17.0. The summed E-state index contributed by atoms with van der Waals surface area (Å²) in [5.41, 5.74) is 1.35. The first-order valence-electron chi connectivity index (χ1n) is 11.6. The summed E-state index contributed by atoms with van der Waals surface area (Å²) < 4.78 is 41.4. The second-order valence-electron chi connectivity index (χ2n) is 8.54. The lowest BCUT2D eigenvalue weighted by atomic mass is 10.0. The van der Waals surface area contributed by atoms with Gasteiger partial charge in [-0.25, -0.2) is 17.6 Å². The molecular formula is C25H29FN4O6S. The van der Waals surface area contributed by atoms with Gasteiger partial charge in [-0.1, -0.05) is 35.9 Å². The number of hydrogen-bond donors (Lipinski definition) is 3. The van der Waals surface area contributed by atoms with Gasteiger partial charge in [0.15, 0.2) is 6.17 Å². The Kier molecular flexibility index (Phi) is 9.00. The predicted octanol–water partition coefficient (Wildman–Crippen LogP) is 2.38. The van der Waals surface area contributed by atoms with E-state index in [0.29, 0.717) is 5.56 Å². The molecule has 1 heterocycles. The average molecular weight is 533 g/mol. The molecule has 3 amide bonds. The third-order valence-corrected chi connectivity index (χ3v) is 7.67. The topological polar surface area (TPSA) is 136 Å². The number of carboxylic acid groups (broad SMARTS) is 1. The van der Waals surface area contributed by atoms with E-state index in [1.165, 1.54) is 6.08 Å². The number of amides is 3. The van der Waals surface area contributed by atoms with Gasteiger partial charge in [0, 0.05) is 19.6 Å². The zero-order valence-corrected chi connectivity index (χ0v) is 21.1. The first-order chi connectivity index (χ1) is 17.5. The van der Waals surface area contributed by atoms with Gasteiger partial charge in [0.1, 0.15) is 5.82 Å². The molecule has 12 heteroatoms. The monoisotopic (exact) mass is 532 g/mol. The summed E-state index contributed by atoms with van der Waals surface area (Å²) in [7, 11) is -4.34. The van der Waals surface area contributed by atoms with E-state index in [0.717, 1.165) is 39.0 Å². The number of carboxylic acids is 1. The first kappa shape index (κ1) is 27.8. The molecule has 2 atom stereocenters. The number of aryl methyl sites for hydroxylation is 1. The molecule has 3 N–H and O–H groups in total. The van der Waals surface area contributed by atoms with Gasteiger partial charge in [0.05, 0.1) is 17.4 Å². The maximum Gasteiger partial charge on any atom is 0.319 e. The maximum absolute atomic E-state index is 13.7. The molecule has 1 fully saturated rings. The summed E-state index contributed by atoms with van der Waals surface area (Å²) >= 11 is 0. The summed E-state index contributed by atoms with van der Waals surface area (Å²) in [5, 5.41) is 14.6. The number of urea groups is 1. The van der Waals surface area contributed by atoms with Crippen molar-refractivity contribution >= 4 is 27.9 Å². The first-order valence-corrected chi connectivity index (χ1v) is 13.0. The van der Waals surface area contributed by atoms with Crippen LogP contribution in [0.5, 0.6) is 0 Å². The number of nitrogens with zero attached hydrogens (tertiary/aromatic N) is 2. The molecule has 1 aliphatic heterocycles. The molecule has 2 unspecified atom stereocenters. The van der Waals surface area contributed by atoms with E-state index in [9.17, 15) is 32.3 Å². The fourth-order valence-corrected chi connectivity index (χ4v) is 5.69. The van der Waals surface area contributed by atoms with Gasteiger partial charge >= 0.3 is 12.0 Å². The molecule has 0 radical (unpaired) electrons. The molecule has 0 bridgehead atoms. The second-order valence-corrected chi connectivity index (χ2v) is 10.4. The fraction of sp³-hybridized carbons (Fsp3) is 0.320. The summed E-state index contributed by atoms with van der Waals surface area (Å²) in [6.45, 7) is 5.42. The van der Waals surface area contributed by atoms with Crippen molar-refractivity contribution in [1.29, 1.82) is 0 Å². The third-order valence-electron chi connectivity index (χ3n) is 5.80. The summed E-state index contributed by atoms with van der Waals surface area (Å²) in [6, 6.07) is 9.36. The molecule has 3 rings (SSSR count). The number of sulfonamides is 1. The van der Waals surface area contributed by atoms with E-state index in [1.54, 1.807) is 18.2 Å². The second kappa shape index (κ2) is 12.0. The fourth-order valence-electron chi connectivity index (χ4n) is 4.10. The summed E-state index contributed by atoms with van der Waals surface area (Å²) in [4.78, 5) is 39.0. The van der Waals surface area contributed by atoms with Crippen LogP contribution in [0, 0.1) is 12.7 Å². The number of benzene rings is 2. The highest BCUT2D eigenvalue weighted by atomic mass is 32.2. The number of hydrogen-bond acceptors (Lipinski definition) is 5. The minimum atomic E-state index is -4.34. The van der Waals surface area contributed by atoms with Crippen LogP contribution in [0.4, 0.5) is 9.18 Å². The highest BCUT2D eigenvalue weighted by Gasteiger charge is 2.44. The Morgan fingerprint density at radius 2 is 1.89 bits per heavy atom. The number of nitrogens with one attached hydrogen (secondary N) is 2. The smallest absolute Gasteiger partial charge is 0.319 e. The number of carbonyl (C=O) groups is 3. The Balaban J connectivity index is 2.02. The lowest BCUT2D eigenvalue weighted by Crippen LogP contribution is -2.65. The minimum absolute atomic E-state index is 0.0740. The molecule has 1 saturated heterocycles. The van der Waals surface area contributed by atoms with Crippen LogP contribution in [-0.4, -0.2) is 66.4 Å². The number of aliphatic carboxylic acids is 1. The lowest BCUT2D eigenvalue weighted by Gasteiger charge is -2.42. The SMILES string of the molecule is C=CCNC(=O)N1CCCN(S(=O)(=O)c2ccc(F)cc2)C1C(=O)NC(CC(=O)O)c1cccc(C)c1. The van der Waals surface area contributed by atoms with Crippen LogP contribution in [0.15, 0.2) is 66.1 Å². The van der Waals surface area contributed by atoms with Gasteiger partial charge in [0.2, 0.25) is 10.0 Å². The molecule has 198 valence electrons. The Bertz CT molecular complexity index is 1270. The molecule has 0 spiro atoms. The van der Waals surface area contributed by atoms with Crippen molar-refractivity contribution in [3.8, 4) is 0 Å². The van der Waals surface area contributed by atoms with Crippen molar-refractivity contribution in [1.82, 2.24) is 19.8 Å². The average Bonchev–Trinajstić information content (AvgIpc) is 2.86. The number of halogens is 1. The standard InChI is InChI=1S/C25H29FN4O6S/c1-3-12-27-25(34)29-13-5-14-30(37(35,36)20-10-8-19(26)9-11-20)24(29)23(33)28-21(16-22(31)32)18-7-4-6-17(2)15-18/h3-4,6-11,15,21,24H,1,5,12-14,16H2,2H3,(H,27,34)(H,28,33)(H,31,32). The van der Waals surface area contributed by atoms with Gasteiger partial charge in [0.25, 0.3) is 5.91 Å². The molecule has 0 aromatic heterocycles. The van der Waals surface area contributed by atoms with E-state index < -0.39 is 52.4 Å². The molecule has 0 saturated carbocycles. The van der Waals surface area contributed by atoms with Crippen molar-refractivity contribution in [3.05, 3.63) is 78.1 Å². The lowest BCUT2D eigenvalue weighted by molar-refractivity contribution is -0.138. The van der Waals surface area contributed by atoms with E-state index in [4.69, 9.17) is 0 Å². The van der Waals surface area contributed by atoms with Crippen molar-refractivity contribution in [2.45, 2.75) is 36.9 Å². The van der Waals surface area contributed by atoms with E-state index in [-0.39, 0.29) is 31.0 Å². The van der Waals surface area contributed by atoms with Crippen molar-refractivity contribution < 1.29 is 32.3 Å². The third kappa shape index (κ3) is 6.71. The summed E-state index contributed by atoms with van der Waals surface area (Å²) in [6.07, 6.45) is -0.406. The molecule has 2 aromatic carbocycles. The van der Waals surface area contributed by atoms with E-state index in [2.05, 4.69) is 17.2 Å². The van der Waals surface area contributed by atoms with Crippen LogP contribution in [-0.2, 0) is 19.6 Å². The van der Waals surface area contributed by atoms with Gasteiger partial charge in [-0.2, -0.15) is 4.31 Å². The predicted molar refractivity (Wildman–Crippen MR) is 133 cm³/mol. The van der Waals surface area contributed by atoms with Crippen LogP contribution in [0.2, 0.25) is 0 Å². The molecule has 2 aromatic rings. The van der Waals surface area contributed by atoms with Gasteiger partial charge in [-0.05, 0) is 43.2 Å². The van der Waals surface area contributed by atoms with E-state index in [1.807, 2.05) is 13.0 Å². The zero-order valence-electron chi connectivity index (χ0n) is 20.3. The number of carbonyl (C=O) groups excluding carboxylic acids is 2. The Morgan fingerprint density at radius 3 is 2.51 bits per heavy atom. The Hall–Kier alpha value is -3.77. The van der Waals surface area contributed by atoms with Crippen LogP contribution in [0.25, 0.3) is 0 Å². The Morgan fingerprint density at radius 1 is 1.19 bits per heavy atom. The van der Waals surface area contributed by atoms with Crippen molar-refractivity contribution in [3.63, 3.8) is 0 Å². The largest absolute Gasteiger partial charge is 0.481 e. The molecule has 1 aliphatic rings. The van der Waals surface area contributed by atoms with Crippen LogP contribution >= 0.6 is 0 Å². The van der Waals surface area contributed by atoms with Gasteiger partial charge in [-0.15, -0.1) is 6.58 Å². The van der Waals surface area contributed by atoms with Gasteiger partial charge < -0.3 is 15.7 Å². The quantitative estimate of drug-likeness (QED) is 0.425. The van der Waals surface area contributed by atoms with Crippen molar-refractivity contribution in [2.75, 3.05) is 19.6 Å². The molecule has 10 nitrogen and oxygen atoms in total. The number of rotatable bonds is 9. The molecular weight excluding hydrogens is 503 g/mol. The molecule has 0 aliphatic carbocycles. The van der Waals surface area contributed by atoms with Crippen molar-refractivity contribution in [2.24, 2.45) is 0 Å². The Labute approximate surface area is 214 Å². The molecule has 37 heavy (non-hydrogen) atoms. The highest BCUT2D eigenvalue weighted by molar-refractivity contribution is 7.89. The van der Waals surface area contributed by atoms with Crippen LogP contribution in [0.3, 0.4) is 0 Å².